The van der Waals surface area contributed by atoms with E-state index in [0.717, 1.165) is 6.54 Å². The summed E-state index contributed by atoms with van der Waals surface area (Å²) in [5.74, 6) is 0.612. The summed E-state index contributed by atoms with van der Waals surface area (Å²) in [4.78, 5) is 3.96. The molecule has 1 saturated heterocycles. The first kappa shape index (κ1) is 13.9. The number of hydrogen-bond donors (Lipinski definition) is 3. The Bertz CT molecular complexity index is 335. The number of aliphatic hydroxyl groups is 1. The molecular weight excluding hydrogens is 214 g/mol. The lowest BCUT2D eigenvalue weighted by atomic mass is 10.1. The van der Waals surface area contributed by atoms with Gasteiger partial charge in [0.15, 0.2) is 0 Å². The van der Waals surface area contributed by atoms with Crippen LogP contribution in [0.4, 0.5) is 5.82 Å². The van der Waals surface area contributed by atoms with Gasteiger partial charge >= 0.3 is 0 Å². The van der Waals surface area contributed by atoms with Crippen LogP contribution in [0.25, 0.3) is 0 Å². The zero-order valence-corrected chi connectivity index (χ0v) is 10.9. The van der Waals surface area contributed by atoms with Crippen LogP contribution >= 0.6 is 0 Å². The number of rotatable bonds is 1. The molecule has 4 heteroatoms. The topological polar surface area (TPSA) is 71.2 Å². The van der Waals surface area contributed by atoms with Gasteiger partial charge in [0.2, 0.25) is 0 Å². The molecule has 2 heterocycles. The quantitative estimate of drug-likeness (QED) is 0.697. The molecule has 0 aliphatic carbocycles. The molecule has 0 bridgehead atoms. The van der Waals surface area contributed by atoms with E-state index >= 15 is 0 Å². The number of nitrogen functional groups attached to an aromatic ring is 1. The summed E-state index contributed by atoms with van der Waals surface area (Å²) in [5, 5.41) is 11.9. The van der Waals surface area contributed by atoms with E-state index in [1.54, 1.807) is 27.0 Å². The highest BCUT2D eigenvalue weighted by Crippen LogP contribution is 2.22. The van der Waals surface area contributed by atoms with Gasteiger partial charge in [-0.05, 0) is 57.9 Å². The largest absolute Gasteiger partial charge is 0.391 e. The molecule has 17 heavy (non-hydrogen) atoms. The standard InChI is InChI=1S/C9H13N3.C4H10O/c10-9-6-7(3-5-12-9)8-2-1-4-11-8;1-4(2,3)5/h3,5-6,8,11H,1-2,4H2,(H2,10,12);5H,1-3H3. The van der Waals surface area contributed by atoms with E-state index in [0.29, 0.717) is 11.9 Å². The van der Waals surface area contributed by atoms with Crippen molar-refractivity contribution in [3.63, 3.8) is 0 Å². The molecule has 96 valence electrons. The first-order valence-corrected chi connectivity index (χ1v) is 6.03. The smallest absolute Gasteiger partial charge is 0.123 e. The Morgan fingerprint density at radius 3 is 2.59 bits per heavy atom. The molecule has 1 aromatic rings. The van der Waals surface area contributed by atoms with Crippen molar-refractivity contribution in [1.82, 2.24) is 10.3 Å². The van der Waals surface area contributed by atoms with Crippen LogP contribution in [0.2, 0.25) is 0 Å². The van der Waals surface area contributed by atoms with Gasteiger partial charge in [0.05, 0.1) is 5.60 Å². The Morgan fingerprint density at radius 2 is 2.12 bits per heavy atom. The van der Waals surface area contributed by atoms with Gasteiger partial charge in [-0.25, -0.2) is 4.98 Å². The number of nitrogens with two attached hydrogens (primary N) is 1. The van der Waals surface area contributed by atoms with Crippen LogP contribution in [0.1, 0.15) is 45.2 Å². The molecule has 4 nitrogen and oxygen atoms in total. The third kappa shape index (κ3) is 6.24. The summed E-state index contributed by atoms with van der Waals surface area (Å²) in [6.07, 6.45) is 4.24. The molecular formula is C13H23N3O. The Balaban J connectivity index is 0.000000249. The number of pyridine rings is 1. The second kappa shape index (κ2) is 5.98. The van der Waals surface area contributed by atoms with Crippen molar-refractivity contribution < 1.29 is 5.11 Å². The SMILES string of the molecule is CC(C)(C)O.Nc1cc(C2CCCN2)ccn1. The van der Waals surface area contributed by atoms with E-state index in [9.17, 15) is 0 Å². The number of anilines is 1. The lowest BCUT2D eigenvalue weighted by Crippen LogP contribution is -2.13. The van der Waals surface area contributed by atoms with Crippen LogP contribution < -0.4 is 11.1 Å². The first-order chi connectivity index (χ1) is 7.86. The average Bonchev–Trinajstić information content (AvgIpc) is 2.67. The molecule has 0 aromatic carbocycles. The van der Waals surface area contributed by atoms with Crippen molar-refractivity contribution in [3.8, 4) is 0 Å². The van der Waals surface area contributed by atoms with E-state index in [-0.39, 0.29) is 0 Å². The maximum Gasteiger partial charge on any atom is 0.123 e. The minimum absolute atomic E-state index is 0.496. The third-order valence-corrected chi connectivity index (χ3v) is 2.27. The van der Waals surface area contributed by atoms with Crippen LogP contribution in [0, 0.1) is 0 Å². The lowest BCUT2D eigenvalue weighted by molar-refractivity contribution is 0.102. The Kier molecular flexibility index (Phi) is 4.90. The fraction of sp³-hybridized carbons (Fsp3) is 0.615. The molecule has 1 fully saturated rings. The molecule has 4 N–H and O–H groups in total. The monoisotopic (exact) mass is 237 g/mol. The predicted octanol–water partition coefficient (Wildman–Crippen LogP) is 1.87. The molecule has 0 amide bonds. The van der Waals surface area contributed by atoms with Gasteiger partial charge in [-0.3, -0.25) is 0 Å². The molecule has 0 spiro atoms. The third-order valence-electron chi connectivity index (χ3n) is 2.27. The van der Waals surface area contributed by atoms with Crippen molar-refractivity contribution >= 4 is 5.82 Å². The average molecular weight is 237 g/mol. The lowest BCUT2D eigenvalue weighted by Gasteiger charge is -2.09. The second-order valence-corrected chi connectivity index (χ2v) is 5.33. The molecule has 1 unspecified atom stereocenters. The van der Waals surface area contributed by atoms with Crippen molar-refractivity contribution in [3.05, 3.63) is 23.9 Å². The number of hydrogen-bond acceptors (Lipinski definition) is 4. The number of nitrogens with one attached hydrogen (secondary N) is 1. The Labute approximate surface area is 103 Å². The summed E-state index contributed by atoms with van der Waals surface area (Å²) >= 11 is 0. The molecule has 0 radical (unpaired) electrons. The van der Waals surface area contributed by atoms with Crippen LogP contribution in [0.15, 0.2) is 18.3 Å². The Morgan fingerprint density at radius 1 is 1.47 bits per heavy atom. The molecule has 1 atom stereocenters. The molecule has 1 aliphatic heterocycles. The van der Waals surface area contributed by atoms with Crippen LogP contribution in [-0.2, 0) is 0 Å². The molecule has 2 rings (SSSR count). The first-order valence-electron chi connectivity index (χ1n) is 6.03. The summed E-state index contributed by atoms with van der Waals surface area (Å²) in [5.41, 5.74) is 6.35. The highest BCUT2D eigenvalue weighted by molar-refractivity contribution is 5.33. The summed E-state index contributed by atoms with van der Waals surface area (Å²) in [7, 11) is 0. The predicted molar refractivity (Wildman–Crippen MR) is 70.6 cm³/mol. The van der Waals surface area contributed by atoms with Gasteiger partial charge in [0.25, 0.3) is 0 Å². The van der Waals surface area contributed by atoms with Gasteiger partial charge in [0, 0.05) is 12.2 Å². The summed E-state index contributed by atoms with van der Waals surface area (Å²) in [6, 6.07) is 4.47. The number of nitrogens with zero attached hydrogens (tertiary/aromatic N) is 1. The highest BCUT2D eigenvalue weighted by Gasteiger charge is 2.15. The van der Waals surface area contributed by atoms with E-state index < -0.39 is 5.60 Å². The van der Waals surface area contributed by atoms with E-state index in [4.69, 9.17) is 10.8 Å². The van der Waals surface area contributed by atoms with E-state index in [2.05, 4.69) is 10.3 Å². The molecule has 1 aromatic heterocycles. The summed E-state index contributed by atoms with van der Waals surface area (Å²) in [6.45, 7) is 6.35. The van der Waals surface area contributed by atoms with Crippen molar-refractivity contribution in [1.29, 1.82) is 0 Å². The van der Waals surface area contributed by atoms with Gasteiger partial charge < -0.3 is 16.2 Å². The summed E-state index contributed by atoms with van der Waals surface area (Å²) < 4.78 is 0. The normalized spacial score (nSPS) is 19.6. The fourth-order valence-corrected chi connectivity index (χ4v) is 1.65. The minimum Gasteiger partial charge on any atom is -0.391 e. The fourth-order valence-electron chi connectivity index (χ4n) is 1.65. The zero-order chi connectivity index (χ0) is 12.9. The van der Waals surface area contributed by atoms with Crippen molar-refractivity contribution in [2.75, 3.05) is 12.3 Å². The van der Waals surface area contributed by atoms with Gasteiger partial charge in [0.1, 0.15) is 5.82 Å². The van der Waals surface area contributed by atoms with Crippen molar-refractivity contribution in [2.24, 2.45) is 0 Å². The molecule has 1 aliphatic rings. The maximum atomic E-state index is 8.52. The van der Waals surface area contributed by atoms with Gasteiger partial charge in [-0.15, -0.1) is 0 Å². The van der Waals surface area contributed by atoms with Crippen LogP contribution in [0.3, 0.4) is 0 Å². The second-order valence-electron chi connectivity index (χ2n) is 5.33. The van der Waals surface area contributed by atoms with Crippen molar-refractivity contribution in [2.45, 2.75) is 45.3 Å². The number of aromatic nitrogens is 1. The highest BCUT2D eigenvalue weighted by atomic mass is 16.3. The van der Waals surface area contributed by atoms with E-state index in [1.807, 2.05) is 12.1 Å². The minimum atomic E-state index is -0.500. The van der Waals surface area contributed by atoms with Gasteiger partial charge in [-0.2, -0.15) is 0 Å². The van der Waals surface area contributed by atoms with Crippen LogP contribution in [0.5, 0.6) is 0 Å². The van der Waals surface area contributed by atoms with Gasteiger partial charge in [-0.1, -0.05) is 0 Å². The Hall–Kier alpha value is -1.13. The zero-order valence-electron chi connectivity index (χ0n) is 10.9. The van der Waals surface area contributed by atoms with E-state index in [1.165, 1.54) is 18.4 Å². The van der Waals surface area contributed by atoms with Crippen LogP contribution in [-0.4, -0.2) is 22.2 Å². The molecule has 0 saturated carbocycles. The maximum absolute atomic E-state index is 8.52.